The lowest BCUT2D eigenvalue weighted by molar-refractivity contribution is 0.187. The lowest BCUT2D eigenvalue weighted by Gasteiger charge is -2.12. The summed E-state index contributed by atoms with van der Waals surface area (Å²) in [5.74, 6) is 0. The Morgan fingerprint density at radius 2 is 2.25 bits per heavy atom. The number of nitrogens with two attached hydrogens (primary N) is 1. The van der Waals surface area contributed by atoms with Gasteiger partial charge in [-0.1, -0.05) is 0 Å². The predicted octanol–water partition coefficient (Wildman–Crippen LogP) is 1.88. The summed E-state index contributed by atoms with van der Waals surface area (Å²) in [6, 6.07) is 0.123. The number of nitrogens with zero attached hydrogens (tertiary/aromatic N) is 2. The maximum absolute atomic E-state index is 6.05. The Balaban J connectivity index is 2.71. The molecule has 0 saturated heterocycles. The zero-order chi connectivity index (χ0) is 12.1. The van der Waals surface area contributed by atoms with Crippen molar-refractivity contribution in [3.05, 3.63) is 15.9 Å². The van der Waals surface area contributed by atoms with E-state index in [2.05, 4.69) is 28.0 Å². The summed E-state index contributed by atoms with van der Waals surface area (Å²) in [6.07, 6.45) is 1.70. The van der Waals surface area contributed by atoms with Gasteiger partial charge in [0.15, 0.2) is 0 Å². The molecule has 0 spiro atoms. The fourth-order valence-electron chi connectivity index (χ4n) is 1.68. The number of ether oxygens (including phenoxy) is 1. The number of aryl methyl sites for hydroxylation is 2. The molecule has 1 atom stereocenters. The first-order valence-electron chi connectivity index (χ1n) is 5.56. The lowest BCUT2D eigenvalue weighted by atomic mass is 10.1. The summed E-state index contributed by atoms with van der Waals surface area (Å²) in [6.45, 7) is 5.67. The third-order valence-electron chi connectivity index (χ3n) is 2.60. The van der Waals surface area contributed by atoms with Crippen LogP contribution >= 0.6 is 15.9 Å². The Morgan fingerprint density at radius 3 is 2.81 bits per heavy atom. The van der Waals surface area contributed by atoms with Gasteiger partial charge in [0, 0.05) is 32.7 Å². The standard InChI is InChI=1S/C11H20BrN3O/c1-4-15-10(11(12)8(2)14-15)7-9(13)5-6-16-3/h9H,4-7,13H2,1-3H3. The van der Waals surface area contributed by atoms with Gasteiger partial charge in [0.05, 0.1) is 15.9 Å². The molecule has 0 bridgehead atoms. The Bertz CT molecular complexity index is 338. The topological polar surface area (TPSA) is 53.1 Å². The zero-order valence-corrected chi connectivity index (χ0v) is 11.7. The molecule has 16 heavy (non-hydrogen) atoms. The average molecular weight is 290 g/mol. The Labute approximate surface area is 105 Å². The van der Waals surface area contributed by atoms with Gasteiger partial charge in [0.1, 0.15) is 0 Å². The Kier molecular flexibility index (Phi) is 5.44. The van der Waals surface area contributed by atoms with Crippen molar-refractivity contribution in [3.8, 4) is 0 Å². The number of hydrogen-bond acceptors (Lipinski definition) is 3. The van der Waals surface area contributed by atoms with Gasteiger partial charge in [-0.2, -0.15) is 5.10 Å². The van der Waals surface area contributed by atoms with Crippen molar-refractivity contribution in [1.29, 1.82) is 0 Å². The molecule has 0 aliphatic carbocycles. The minimum absolute atomic E-state index is 0.123. The molecule has 5 heteroatoms. The van der Waals surface area contributed by atoms with Crippen molar-refractivity contribution >= 4 is 15.9 Å². The average Bonchev–Trinajstić information content (AvgIpc) is 2.54. The normalized spacial score (nSPS) is 13.1. The lowest BCUT2D eigenvalue weighted by Crippen LogP contribution is -2.26. The number of rotatable bonds is 6. The van der Waals surface area contributed by atoms with Crippen LogP contribution in [0.2, 0.25) is 0 Å². The van der Waals surface area contributed by atoms with Crippen molar-refractivity contribution in [2.24, 2.45) is 5.73 Å². The van der Waals surface area contributed by atoms with E-state index in [1.165, 1.54) is 5.69 Å². The maximum atomic E-state index is 6.05. The molecule has 1 aromatic heterocycles. The van der Waals surface area contributed by atoms with E-state index in [0.29, 0.717) is 6.61 Å². The molecule has 0 aromatic carbocycles. The van der Waals surface area contributed by atoms with Crippen LogP contribution in [0.4, 0.5) is 0 Å². The second-order valence-electron chi connectivity index (χ2n) is 3.91. The number of hydrogen-bond donors (Lipinski definition) is 1. The molecular formula is C11H20BrN3O. The first-order valence-corrected chi connectivity index (χ1v) is 6.35. The third kappa shape index (κ3) is 3.30. The highest BCUT2D eigenvalue weighted by Gasteiger charge is 2.14. The van der Waals surface area contributed by atoms with Crippen LogP contribution in [0.25, 0.3) is 0 Å². The largest absolute Gasteiger partial charge is 0.385 e. The second-order valence-corrected chi connectivity index (χ2v) is 4.70. The van der Waals surface area contributed by atoms with Gasteiger partial charge in [0.2, 0.25) is 0 Å². The van der Waals surface area contributed by atoms with Crippen molar-refractivity contribution in [2.75, 3.05) is 13.7 Å². The molecule has 1 aromatic rings. The van der Waals surface area contributed by atoms with Crippen molar-refractivity contribution < 1.29 is 4.74 Å². The quantitative estimate of drug-likeness (QED) is 0.870. The molecule has 2 N–H and O–H groups in total. The van der Waals surface area contributed by atoms with Crippen LogP contribution < -0.4 is 5.73 Å². The highest BCUT2D eigenvalue weighted by atomic mass is 79.9. The molecule has 1 rings (SSSR count). The Morgan fingerprint density at radius 1 is 1.56 bits per heavy atom. The summed E-state index contributed by atoms with van der Waals surface area (Å²) in [7, 11) is 1.70. The second kappa shape index (κ2) is 6.37. The van der Waals surface area contributed by atoms with Crippen LogP contribution in [-0.2, 0) is 17.7 Å². The highest BCUT2D eigenvalue weighted by molar-refractivity contribution is 9.10. The van der Waals surface area contributed by atoms with Crippen LogP contribution in [0.1, 0.15) is 24.7 Å². The minimum atomic E-state index is 0.123. The summed E-state index contributed by atoms with van der Waals surface area (Å²) in [4.78, 5) is 0. The van der Waals surface area contributed by atoms with Gasteiger partial charge in [-0.05, 0) is 36.2 Å². The predicted molar refractivity (Wildman–Crippen MR) is 68.5 cm³/mol. The van der Waals surface area contributed by atoms with Gasteiger partial charge in [0.25, 0.3) is 0 Å². The van der Waals surface area contributed by atoms with Crippen LogP contribution in [0, 0.1) is 6.92 Å². The fourth-order valence-corrected chi connectivity index (χ4v) is 2.13. The van der Waals surface area contributed by atoms with Gasteiger partial charge in [-0.3, -0.25) is 4.68 Å². The van der Waals surface area contributed by atoms with Gasteiger partial charge in [-0.25, -0.2) is 0 Å². The van der Waals surface area contributed by atoms with Crippen molar-refractivity contribution in [3.63, 3.8) is 0 Å². The zero-order valence-electron chi connectivity index (χ0n) is 10.2. The van der Waals surface area contributed by atoms with E-state index in [9.17, 15) is 0 Å². The number of aromatic nitrogens is 2. The molecule has 0 aliphatic rings. The van der Waals surface area contributed by atoms with E-state index in [4.69, 9.17) is 10.5 Å². The molecule has 0 amide bonds. The van der Waals surface area contributed by atoms with Crippen molar-refractivity contribution in [1.82, 2.24) is 9.78 Å². The summed E-state index contributed by atoms with van der Waals surface area (Å²) < 4.78 is 8.12. The molecule has 0 fully saturated rings. The molecular weight excluding hydrogens is 270 g/mol. The molecule has 92 valence electrons. The first-order chi connectivity index (χ1) is 7.60. The van der Waals surface area contributed by atoms with E-state index < -0.39 is 0 Å². The van der Waals surface area contributed by atoms with Crippen molar-refractivity contribution in [2.45, 2.75) is 39.3 Å². The van der Waals surface area contributed by atoms with Crippen LogP contribution in [0.3, 0.4) is 0 Å². The summed E-state index contributed by atoms with van der Waals surface area (Å²) in [5.41, 5.74) is 8.26. The monoisotopic (exact) mass is 289 g/mol. The maximum Gasteiger partial charge on any atom is 0.0738 e. The third-order valence-corrected chi connectivity index (χ3v) is 3.63. The van der Waals surface area contributed by atoms with E-state index in [-0.39, 0.29) is 6.04 Å². The van der Waals surface area contributed by atoms with E-state index in [1.807, 2.05) is 11.6 Å². The molecule has 1 unspecified atom stereocenters. The first kappa shape index (κ1) is 13.7. The van der Waals surface area contributed by atoms with E-state index >= 15 is 0 Å². The number of methoxy groups -OCH3 is 1. The molecule has 1 heterocycles. The van der Waals surface area contributed by atoms with E-state index in [0.717, 1.165) is 29.6 Å². The highest BCUT2D eigenvalue weighted by Crippen LogP contribution is 2.22. The van der Waals surface area contributed by atoms with Gasteiger partial charge >= 0.3 is 0 Å². The fraction of sp³-hybridized carbons (Fsp3) is 0.727. The summed E-state index contributed by atoms with van der Waals surface area (Å²) in [5, 5.41) is 4.44. The van der Waals surface area contributed by atoms with Crippen LogP contribution in [-0.4, -0.2) is 29.5 Å². The smallest absolute Gasteiger partial charge is 0.0738 e. The molecule has 0 radical (unpaired) electrons. The Hall–Kier alpha value is -0.390. The van der Waals surface area contributed by atoms with Gasteiger partial charge in [-0.15, -0.1) is 0 Å². The van der Waals surface area contributed by atoms with Crippen LogP contribution in [0.15, 0.2) is 4.47 Å². The van der Waals surface area contributed by atoms with Crippen LogP contribution in [0.5, 0.6) is 0 Å². The minimum Gasteiger partial charge on any atom is -0.385 e. The molecule has 0 aliphatic heterocycles. The van der Waals surface area contributed by atoms with Gasteiger partial charge < -0.3 is 10.5 Å². The summed E-state index contributed by atoms with van der Waals surface area (Å²) >= 11 is 3.57. The molecule has 0 saturated carbocycles. The molecule has 4 nitrogen and oxygen atoms in total. The van der Waals surface area contributed by atoms with E-state index in [1.54, 1.807) is 7.11 Å². The SMILES string of the molecule is CCn1nc(C)c(Br)c1CC(N)CCOC. The number of halogens is 1.